The van der Waals surface area contributed by atoms with Crippen molar-refractivity contribution < 1.29 is 4.52 Å². The Labute approximate surface area is 144 Å². The summed E-state index contributed by atoms with van der Waals surface area (Å²) in [6.45, 7) is 0. The highest BCUT2D eigenvalue weighted by Crippen LogP contribution is 2.44. The molecule has 3 aromatic rings. The summed E-state index contributed by atoms with van der Waals surface area (Å²) in [5, 5.41) is 4.11. The molecule has 0 aliphatic carbocycles. The SMILES string of the molecule is Nc1onc(-c2cc(Br)sc2Br)c1-c1cccc(Br)c1. The monoisotopic (exact) mass is 476 g/mol. The van der Waals surface area contributed by atoms with Gasteiger partial charge >= 0.3 is 0 Å². The number of hydrogen-bond donors (Lipinski definition) is 1. The summed E-state index contributed by atoms with van der Waals surface area (Å²) < 4.78 is 8.16. The molecule has 3 nitrogen and oxygen atoms in total. The van der Waals surface area contributed by atoms with Crippen molar-refractivity contribution in [3.8, 4) is 22.4 Å². The molecule has 0 bridgehead atoms. The maximum atomic E-state index is 5.95. The third-order valence-electron chi connectivity index (χ3n) is 2.74. The maximum Gasteiger partial charge on any atom is 0.230 e. The first-order valence-corrected chi connectivity index (χ1v) is 8.72. The van der Waals surface area contributed by atoms with Gasteiger partial charge in [0.1, 0.15) is 5.69 Å². The van der Waals surface area contributed by atoms with Gasteiger partial charge in [-0.2, -0.15) is 0 Å². The minimum absolute atomic E-state index is 0.312. The lowest BCUT2D eigenvalue weighted by Gasteiger charge is -2.02. The molecule has 0 fully saturated rings. The Morgan fingerprint density at radius 1 is 1.15 bits per heavy atom. The summed E-state index contributed by atoms with van der Waals surface area (Å²) >= 11 is 12.1. The predicted molar refractivity (Wildman–Crippen MR) is 92.8 cm³/mol. The lowest BCUT2D eigenvalue weighted by atomic mass is 10.0. The van der Waals surface area contributed by atoms with Crippen molar-refractivity contribution in [2.24, 2.45) is 0 Å². The van der Waals surface area contributed by atoms with Crippen molar-refractivity contribution in [1.29, 1.82) is 0 Å². The number of benzene rings is 1. The second-order valence-electron chi connectivity index (χ2n) is 4.02. The zero-order valence-electron chi connectivity index (χ0n) is 9.86. The summed E-state index contributed by atoms with van der Waals surface area (Å²) in [4.78, 5) is 0. The van der Waals surface area contributed by atoms with Crippen molar-refractivity contribution in [2.45, 2.75) is 0 Å². The molecule has 0 aliphatic rings. The van der Waals surface area contributed by atoms with Gasteiger partial charge in [0.15, 0.2) is 0 Å². The van der Waals surface area contributed by atoms with Crippen LogP contribution in [0.2, 0.25) is 0 Å². The summed E-state index contributed by atoms with van der Waals surface area (Å²) in [6.07, 6.45) is 0. The van der Waals surface area contributed by atoms with Crippen LogP contribution in [0.1, 0.15) is 0 Å². The van der Waals surface area contributed by atoms with E-state index in [1.807, 2.05) is 30.3 Å². The van der Waals surface area contributed by atoms with Crippen molar-refractivity contribution in [1.82, 2.24) is 5.16 Å². The molecule has 2 N–H and O–H groups in total. The highest BCUT2D eigenvalue weighted by atomic mass is 79.9. The molecule has 0 unspecified atom stereocenters. The molecule has 3 rings (SSSR count). The summed E-state index contributed by atoms with van der Waals surface area (Å²) in [5.74, 6) is 0.312. The van der Waals surface area contributed by atoms with Gasteiger partial charge in [0.25, 0.3) is 0 Å². The second kappa shape index (κ2) is 5.63. The number of nitrogen functional groups attached to an aromatic ring is 1. The molecule has 2 heterocycles. The third kappa shape index (κ3) is 2.59. The summed E-state index contributed by atoms with van der Waals surface area (Å²) in [7, 11) is 0. The van der Waals surface area contributed by atoms with E-state index in [4.69, 9.17) is 10.3 Å². The Bertz CT molecular complexity index is 782. The van der Waals surface area contributed by atoms with Crippen LogP contribution in [0.4, 0.5) is 5.88 Å². The van der Waals surface area contributed by atoms with Crippen LogP contribution < -0.4 is 5.73 Å². The molecule has 0 aliphatic heterocycles. The fourth-order valence-electron chi connectivity index (χ4n) is 1.91. The van der Waals surface area contributed by atoms with Gasteiger partial charge in [0.05, 0.1) is 13.1 Å². The minimum atomic E-state index is 0.312. The Kier molecular flexibility index (Phi) is 4.03. The maximum absolute atomic E-state index is 5.95. The Morgan fingerprint density at radius 3 is 2.60 bits per heavy atom. The number of rotatable bonds is 2. The van der Waals surface area contributed by atoms with E-state index in [2.05, 4.69) is 52.9 Å². The number of aromatic nitrogens is 1. The predicted octanol–water partition coefficient (Wildman–Crippen LogP) is 5.94. The van der Waals surface area contributed by atoms with E-state index < -0.39 is 0 Å². The van der Waals surface area contributed by atoms with Crippen LogP contribution >= 0.6 is 59.1 Å². The van der Waals surface area contributed by atoms with Crippen LogP contribution in [0.25, 0.3) is 22.4 Å². The topological polar surface area (TPSA) is 52.0 Å². The van der Waals surface area contributed by atoms with E-state index in [1.165, 1.54) is 0 Å². The van der Waals surface area contributed by atoms with E-state index in [9.17, 15) is 0 Å². The van der Waals surface area contributed by atoms with E-state index in [1.54, 1.807) is 11.3 Å². The van der Waals surface area contributed by atoms with Gasteiger partial charge in [-0.15, -0.1) is 11.3 Å². The fourth-order valence-corrected chi connectivity index (χ4v) is 5.12. The second-order valence-corrected chi connectivity index (χ2v) is 8.68. The first kappa shape index (κ1) is 14.3. The first-order valence-electron chi connectivity index (χ1n) is 5.52. The van der Waals surface area contributed by atoms with Crippen LogP contribution in [0.3, 0.4) is 0 Å². The molecular formula is C13H7Br3N2OS. The number of thiophene rings is 1. The smallest absolute Gasteiger partial charge is 0.230 e. The van der Waals surface area contributed by atoms with Gasteiger partial charge in [-0.25, -0.2) is 0 Å². The van der Waals surface area contributed by atoms with Crippen molar-refractivity contribution >= 4 is 65.0 Å². The first-order chi connectivity index (χ1) is 9.56. The Balaban J connectivity index is 2.22. The lowest BCUT2D eigenvalue weighted by molar-refractivity contribution is 0.439. The fraction of sp³-hybridized carbons (Fsp3) is 0. The average molecular weight is 479 g/mol. The van der Waals surface area contributed by atoms with Gasteiger partial charge in [-0.1, -0.05) is 33.2 Å². The van der Waals surface area contributed by atoms with E-state index >= 15 is 0 Å². The molecule has 0 atom stereocenters. The molecule has 0 radical (unpaired) electrons. The molecule has 0 saturated carbocycles. The van der Waals surface area contributed by atoms with Crippen LogP contribution in [0.5, 0.6) is 0 Å². The van der Waals surface area contributed by atoms with Gasteiger partial charge in [0.2, 0.25) is 5.88 Å². The number of nitrogens with two attached hydrogens (primary N) is 1. The van der Waals surface area contributed by atoms with Crippen molar-refractivity contribution in [3.63, 3.8) is 0 Å². The van der Waals surface area contributed by atoms with Crippen LogP contribution in [0.15, 0.2) is 46.9 Å². The van der Waals surface area contributed by atoms with Gasteiger partial charge in [-0.05, 0) is 55.6 Å². The van der Waals surface area contributed by atoms with Gasteiger partial charge in [0, 0.05) is 10.0 Å². The number of halogens is 3. The minimum Gasteiger partial charge on any atom is -0.367 e. The highest BCUT2D eigenvalue weighted by Gasteiger charge is 2.21. The van der Waals surface area contributed by atoms with Crippen molar-refractivity contribution in [3.05, 3.63) is 42.4 Å². The Hall–Kier alpha value is -0.630. The molecule has 20 heavy (non-hydrogen) atoms. The largest absolute Gasteiger partial charge is 0.367 e. The average Bonchev–Trinajstić information content (AvgIpc) is 2.92. The zero-order chi connectivity index (χ0) is 14.3. The van der Waals surface area contributed by atoms with Crippen LogP contribution in [0, 0.1) is 0 Å². The molecule has 0 saturated heterocycles. The normalized spacial score (nSPS) is 10.9. The van der Waals surface area contributed by atoms with Crippen LogP contribution in [-0.4, -0.2) is 5.16 Å². The highest BCUT2D eigenvalue weighted by molar-refractivity contribution is 9.12. The summed E-state index contributed by atoms with van der Waals surface area (Å²) in [5.41, 5.74) is 9.40. The molecule has 7 heteroatoms. The lowest BCUT2D eigenvalue weighted by Crippen LogP contribution is -1.87. The Morgan fingerprint density at radius 2 is 1.95 bits per heavy atom. The van der Waals surface area contributed by atoms with E-state index in [0.717, 1.165) is 34.4 Å². The van der Waals surface area contributed by atoms with E-state index in [-0.39, 0.29) is 0 Å². The molecule has 102 valence electrons. The third-order valence-corrected chi connectivity index (χ3v) is 5.58. The van der Waals surface area contributed by atoms with E-state index in [0.29, 0.717) is 5.88 Å². The van der Waals surface area contributed by atoms with Crippen molar-refractivity contribution in [2.75, 3.05) is 5.73 Å². The molecule has 0 amide bonds. The molecule has 1 aromatic carbocycles. The number of nitrogens with zero attached hydrogens (tertiary/aromatic N) is 1. The van der Waals surface area contributed by atoms with Gasteiger partial charge in [-0.3, -0.25) is 0 Å². The summed E-state index contributed by atoms with van der Waals surface area (Å²) in [6, 6.07) is 9.87. The quantitative estimate of drug-likeness (QED) is 0.496. The van der Waals surface area contributed by atoms with Gasteiger partial charge < -0.3 is 10.3 Å². The van der Waals surface area contributed by atoms with Crippen LogP contribution in [-0.2, 0) is 0 Å². The number of anilines is 1. The zero-order valence-corrected chi connectivity index (χ0v) is 15.4. The standard InChI is InChI=1S/C13H7Br3N2OS/c14-7-3-1-2-6(4-7)10-11(18-19-13(10)17)8-5-9(15)20-12(8)16/h1-5H,17H2. The molecule has 0 spiro atoms. The molecular weight excluding hydrogens is 472 g/mol. The molecule has 2 aromatic heterocycles. The number of hydrogen-bond acceptors (Lipinski definition) is 4.